The molecule has 0 amide bonds. The minimum Gasteiger partial charge on any atom is -0.412 e. The van der Waals surface area contributed by atoms with E-state index in [0.29, 0.717) is 0 Å². The Morgan fingerprint density at radius 2 is 1.33 bits per heavy atom. The van der Waals surface area contributed by atoms with E-state index in [4.69, 9.17) is 13.3 Å². The van der Waals surface area contributed by atoms with Gasteiger partial charge in [0.2, 0.25) is 0 Å². The van der Waals surface area contributed by atoms with Gasteiger partial charge in [-0.3, -0.25) is 9.11 Å². The van der Waals surface area contributed by atoms with Crippen LogP contribution in [-0.4, -0.2) is 36.2 Å². The smallest absolute Gasteiger partial charge is 0.299 e. The van der Waals surface area contributed by atoms with Crippen LogP contribution >= 0.6 is 0 Å². The molecule has 0 aromatic carbocycles. The molecule has 0 heterocycles. The van der Waals surface area contributed by atoms with E-state index in [1.165, 1.54) is 0 Å². The summed E-state index contributed by atoms with van der Waals surface area (Å²) in [6.45, 7) is 0. The second-order valence-electron chi connectivity index (χ2n) is 0.231. The summed E-state index contributed by atoms with van der Waals surface area (Å²) in [5.41, 5.74) is 0. The average Bonchev–Trinajstić information content (AvgIpc) is 0.811. The second kappa shape index (κ2) is 9.12. The Hall–Kier alpha value is 0.562. The van der Waals surface area contributed by atoms with E-state index in [2.05, 4.69) is 0 Å². The van der Waals surface area contributed by atoms with Gasteiger partial charge in [0.15, 0.2) is 17.4 Å². The van der Waals surface area contributed by atoms with Crippen molar-refractivity contribution in [2.45, 2.75) is 0 Å². The highest BCUT2D eigenvalue weighted by molar-refractivity contribution is 7.73. The molecule has 0 spiro atoms. The van der Waals surface area contributed by atoms with Crippen LogP contribution in [0.1, 0.15) is 0 Å². The fourth-order valence-electron chi connectivity index (χ4n) is 0. The molecule has 0 atom stereocenters. The van der Waals surface area contributed by atoms with Crippen LogP contribution in [0.2, 0.25) is 0 Å². The van der Waals surface area contributed by atoms with Crippen molar-refractivity contribution < 1.29 is 18.8 Å². The Kier molecular flexibility index (Phi) is 24.3. The summed E-state index contributed by atoms with van der Waals surface area (Å²) in [4.78, 5) is 0. The molecule has 0 fully saturated rings. The van der Waals surface area contributed by atoms with Gasteiger partial charge in [0.25, 0.3) is 11.4 Å². The third-order valence-corrected chi connectivity index (χ3v) is 0. The molecule has 0 radical (unpaired) electrons. The predicted molar refractivity (Wildman–Crippen MR) is 27.0 cm³/mol. The maximum absolute atomic E-state index is 8.67. The molecule has 0 saturated carbocycles. The zero-order valence-electron chi connectivity index (χ0n) is 2.21. The molecule has 6 heteroatoms. The van der Waals surface area contributed by atoms with E-state index in [1.54, 1.807) is 0 Å². The molecule has 0 bridgehead atoms. The molecule has 0 aromatic rings. The highest BCUT2D eigenvalue weighted by atomic mass is 32.2. The van der Waals surface area contributed by atoms with Gasteiger partial charge >= 0.3 is 0 Å². The van der Waals surface area contributed by atoms with Crippen molar-refractivity contribution in [3.63, 3.8) is 0 Å². The van der Waals surface area contributed by atoms with Crippen LogP contribution in [0.5, 0.6) is 0 Å². The summed E-state index contributed by atoms with van der Waals surface area (Å²) >= 11 is -2.61. The molecule has 0 rings (SSSR count). The maximum atomic E-state index is 8.67. The molecule has 0 aliphatic rings. The molecule has 0 aliphatic carbocycles. The topological polar surface area (TPSA) is 89.0 Å². The Balaban J connectivity index is -0.0000000450. The van der Waals surface area contributed by atoms with Crippen molar-refractivity contribution in [2.75, 3.05) is 0 Å². The van der Waals surface area contributed by atoms with E-state index < -0.39 is 11.4 Å². The SMILES string of the molecule is O.O=S(O)O.[AlH3]. The van der Waals surface area contributed by atoms with Crippen LogP contribution in [0.3, 0.4) is 0 Å². The van der Waals surface area contributed by atoms with E-state index in [-0.39, 0.29) is 22.8 Å². The van der Waals surface area contributed by atoms with Gasteiger partial charge in [-0.1, -0.05) is 0 Å². The van der Waals surface area contributed by atoms with Crippen molar-refractivity contribution in [1.29, 1.82) is 0 Å². The normalized spacial score (nSPS) is 5.83. The minimum absolute atomic E-state index is 0. The molecule has 6 heavy (non-hydrogen) atoms. The van der Waals surface area contributed by atoms with Crippen molar-refractivity contribution in [3.8, 4) is 0 Å². The van der Waals surface area contributed by atoms with Gasteiger partial charge in [-0.2, -0.15) is 4.21 Å². The first-order valence-corrected chi connectivity index (χ1v) is 1.60. The number of hydrogen-bond acceptors (Lipinski definition) is 1. The minimum atomic E-state index is -2.61. The number of rotatable bonds is 0. The molecule has 40 valence electrons. The Morgan fingerprint density at radius 3 is 1.33 bits per heavy atom. The molecular formula is H7AlO4S. The Labute approximate surface area is 48.1 Å². The quantitative estimate of drug-likeness (QED) is 0.285. The lowest BCUT2D eigenvalue weighted by Crippen LogP contribution is -1.74. The first kappa shape index (κ1) is 16.0. The molecular weight excluding hydrogens is 123 g/mol. The summed E-state index contributed by atoms with van der Waals surface area (Å²) < 4.78 is 22.8. The van der Waals surface area contributed by atoms with E-state index in [9.17, 15) is 0 Å². The van der Waals surface area contributed by atoms with Gasteiger partial charge in [-0.25, -0.2) is 0 Å². The third kappa shape index (κ3) is 183. The predicted octanol–water partition coefficient (Wildman–Crippen LogP) is -2.33. The van der Waals surface area contributed by atoms with Gasteiger partial charge in [0, 0.05) is 0 Å². The van der Waals surface area contributed by atoms with Crippen LogP contribution in [0.15, 0.2) is 0 Å². The highest BCUT2D eigenvalue weighted by Crippen LogP contribution is 1.44. The summed E-state index contributed by atoms with van der Waals surface area (Å²) in [5.74, 6) is 0. The molecule has 0 unspecified atom stereocenters. The van der Waals surface area contributed by atoms with Crippen LogP contribution < -0.4 is 0 Å². The van der Waals surface area contributed by atoms with Gasteiger partial charge in [0.05, 0.1) is 0 Å². The van der Waals surface area contributed by atoms with Crippen molar-refractivity contribution in [2.24, 2.45) is 0 Å². The monoisotopic (exact) mass is 130 g/mol. The van der Waals surface area contributed by atoms with E-state index >= 15 is 0 Å². The molecule has 0 aliphatic heterocycles. The number of hydrogen-bond donors (Lipinski definition) is 2. The third-order valence-electron chi connectivity index (χ3n) is 0. The van der Waals surface area contributed by atoms with Crippen LogP contribution in [0, 0.1) is 0 Å². The van der Waals surface area contributed by atoms with Crippen molar-refractivity contribution in [1.82, 2.24) is 0 Å². The average molecular weight is 130 g/mol. The molecule has 0 saturated heterocycles. The van der Waals surface area contributed by atoms with Crippen LogP contribution in [0.4, 0.5) is 0 Å². The van der Waals surface area contributed by atoms with Gasteiger partial charge in [-0.05, 0) is 0 Å². The lowest BCUT2D eigenvalue weighted by Gasteiger charge is -1.59. The fourth-order valence-corrected chi connectivity index (χ4v) is 0. The maximum Gasteiger partial charge on any atom is 0.299 e. The first-order chi connectivity index (χ1) is 1.73. The van der Waals surface area contributed by atoms with Crippen molar-refractivity contribution >= 4 is 28.7 Å². The van der Waals surface area contributed by atoms with Crippen LogP contribution in [-0.2, 0) is 11.4 Å². The largest absolute Gasteiger partial charge is 0.412 e. The summed E-state index contributed by atoms with van der Waals surface area (Å²) in [6, 6.07) is 0. The standard InChI is InChI=1S/Al.H2O3S.H2O.3H/c;1-4(2)3;;;;/h;(H2,1,2,3);1H2;;;. The van der Waals surface area contributed by atoms with Gasteiger partial charge < -0.3 is 5.48 Å². The lowest BCUT2D eigenvalue weighted by atomic mass is 15.8. The zero-order valence-corrected chi connectivity index (χ0v) is 3.03. The summed E-state index contributed by atoms with van der Waals surface area (Å²) in [7, 11) is 0. The highest BCUT2D eigenvalue weighted by Gasteiger charge is 1.62. The van der Waals surface area contributed by atoms with Crippen molar-refractivity contribution in [3.05, 3.63) is 0 Å². The summed E-state index contributed by atoms with van der Waals surface area (Å²) in [5, 5.41) is 0. The second-order valence-corrected chi connectivity index (χ2v) is 0.692. The molecule has 0 aromatic heterocycles. The zero-order chi connectivity index (χ0) is 3.58. The lowest BCUT2D eigenvalue weighted by molar-refractivity contribution is 0.454. The molecule has 4 N–H and O–H groups in total. The fraction of sp³-hybridized carbons (Fsp3) is 0. The molecule has 4 nitrogen and oxygen atoms in total. The Morgan fingerprint density at radius 1 is 1.33 bits per heavy atom. The van der Waals surface area contributed by atoms with E-state index in [1.807, 2.05) is 0 Å². The van der Waals surface area contributed by atoms with Gasteiger partial charge in [0.1, 0.15) is 0 Å². The first-order valence-electron chi connectivity index (χ1n) is 0.532. The van der Waals surface area contributed by atoms with Gasteiger partial charge in [-0.15, -0.1) is 0 Å². The van der Waals surface area contributed by atoms with E-state index in [0.717, 1.165) is 0 Å². The Bertz CT molecular complexity index is 30.5. The summed E-state index contributed by atoms with van der Waals surface area (Å²) in [6.07, 6.45) is 0. The van der Waals surface area contributed by atoms with Crippen LogP contribution in [0.25, 0.3) is 0 Å².